The summed E-state index contributed by atoms with van der Waals surface area (Å²) in [5.74, 6) is -2.53. The second-order valence-corrected chi connectivity index (χ2v) is 8.80. The van der Waals surface area contributed by atoms with Gasteiger partial charge < -0.3 is 15.2 Å². The molecule has 2 atom stereocenters. The fraction of sp³-hybridized carbons (Fsp3) is 0.318. The first-order valence-corrected chi connectivity index (χ1v) is 11.2. The van der Waals surface area contributed by atoms with Crippen molar-refractivity contribution in [1.29, 1.82) is 0 Å². The number of aromatic nitrogens is 2. The first-order valence-electron chi connectivity index (χ1n) is 10.2. The maximum Gasteiger partial charge on any atom is 0.352 e. The number of aliphatic carboxylic acids is 1. The van der Waals surface area contributed by atoms with Crippen LogP contribution in [-0.4, -0.2) is 67.3 Å². The molecule has 0 unspecified atom stereocenters. The van der Waals surface area contributed by atoms with Gasteiger partial charge in [-0.3, -0.25) is 19.3 Å². The zero-order chi connectivity index (χ0) is 23.9. The van der Waals surface area contributed by atoms with E-state index in [4.69, 9.17) is 4.74 Å². The van der Waals surface area contributed by atoms with E-state index in [9.17, 15) is 24.3 Å². The van der Waals surface area contributed by atoms with Crippen LogP contribution in [0, 0.1) is 13.8 Å². The van der Waals surface area contributed by atoms with Gasteiger partial charge in [0.05, 0.1) is 22.6 Å². The van der Waals surface area contributed by atoms with Crippen LogP contribution in [-0.2, 0) is 19.1 Å². The predicted molar refractivity (Wildman–Crippen MR) is 119 cm³/mol. The second kappa shape index (κ2) is 8.74. The van der Waals surface area contributed by atoms with Crippen molar-refractivity contribution in [2.45, 2.75) is 32.2 Å². The third kappa shape index (κ3) is 3.99. The zero-order valence-corrected chi connectivity index (χ0v) is 19.0. The van der Waals surface area contributed by atoms with E-state index in [0.717, 1.165) is 10.6 Å². The molecule has 33 heavy (non-hydrogen) atoms. The number of carbonyl (C=O) groups excluding carboxylic acids is 3. The Morgan fingerprint density at radius 1 is 1.24 bits per heavy atom. The number of hydrogen-bond donors (Lipinski definition) is 2. The number of carboxylic acids is 1. The van der Waals surface area contributed by atoms with Crippen molar-refractivity contribution in [3.63, 3.8) is 0 Å². The van der Waals surface area contributed by atoms with Gasteiger partial charge >= 0.3 is 11.9 Å². The Bertz CT molecular complexity index is 1190. The maximum absolute atomic E-state index is 13.1. The lowest BCUT2D eigenvalue weighted by Crippen LogP contribution is -2.70. The fourth-order valence-corrected chi connectivity index (χ4v) is 5.32. The molecule has 172 valence electrons. The number of esters is 1. The summed E-state index contributed by atoms with van der Waals surface area (Å²) in [6.07, 6.45) is 0. The van der Waals surface area contributed by atoms with E-state index in [1.807, 2.05) is 30.3 Å². The van der Waals surface area contributed by atoms with E-state index in [-0.39, 0.29) is 18.1 Å². The summed E-state index contributed by atoms with van der Waals surface area (Å²) in [7, 11) is 0. The molecule has 2 aromatic rings. The standard InChI is InChI=1S/C22H22N4O6S/c1-11-16(12(2)26(24-11)15-7-5-4-6-8-15)19(28)23-17-20(29)25-18(22(30)31)14(9-32-13(3)27)10-33-21(17)25/h4-8,17,21H,9-10H2,1-3H3,(H,23,28)(H,30,31)/t17-,21+/m1/s1. The summed E-state index contributed by atoms with van der Waals surface area (Å²) in [5.41, 5.74) is 2.47. The molecule has 10 nitrogen and oxygen atoms in total. The molecule has 0 aliphatic carbocycles. The minimum atomic E-state index is -1.28. The Kier molecular flexibility index (Phi) is 5.98. The lowest BCUT2D eigenvalue weighted by Gasteiger charge is -2.49. The SMILES string of the molecule is CC(=O)OCC1=C(C(=O)O)N2C(=O)[C@@H](NC(=O)c3c(C)nn(-c4ccccc4)c3C)[C@@H]2SC1. The molecule has 0 bridgehead atoms. The van der Waals surface area contributed by atoms with Crippen molar-refractivity contribution >= 4 is 35.5 Å². The van der Waals surface area contributed by atoms with Crippen LogP contribution in [0.3, 0.4) is 0 Å². The van der Waals surface area contributed by atoms with Crippen LogP contribution in [0.2, 0.25) is 0 Å². The summed E-state index contributed by atoms with van der Waals surface area (Å²) in [6.45, 7) is 4.52. The van der Waals surface area contributed by atoms with Crippen LogP contribution in [0.5, 0.6) is 0 Å². The molecule has 2 amide bonds. The van der Waals surface area contributed by atoms with E-state index in [0.29, 0.717) is 22.5 Å². The van der Waals surface area contributed by atoms with Crippen LogP contribution >= 0.6 is 11.8 Å². The smallest absolute Gasteiger partial charge is 0.352 e. The van der Waals surface area contributed by atoms with E-state index in [1.54, 1.807) is 18.5 Å². The van der Waals surface area contributed by atoms with Gasteiger partial charge in [0.1, 0.15) is 23.7 Å². The van der Waals surface area contributed by atoms with Gasteiger partial charge in [-0.15, -0.1) is 11.8 Å². The molecule has 1 aromatic carbocycles. The molecule has 11 heteroatoms. The van der Waals surface area contributed by atoms with E-state index < -0.39 is 35.2 Å². The average Bonchev–Trinajstić information content (AvgIpc) is 3.09. The van der Waals surface area contributed by atoms with Crippen LogP contribution in [0.4, 0.5) is 0 Å². The van der Waals surface area contributed by atoms with Gasteiger partial charge in [0, 0.05) is 18.2 Å². The van der Waals surface area contributed by atoms with Crippen molar-refractivity contribution in [2.75, 3.05) is 12.4 Å². The second-order valence-electron chi connectivity index (χ2n) is 7.69. The summed E-state index contributed by atoms with van der Waals surface area (Å²) in [5, 5.41) is 16.3. The van der Waals surface area contributed by atoms with E-state index >= 15 is 0 Å². The minimum Gasteiger partial charge on any atom is -0.477 e. The molecule has 3 heterocycles. The Morgan fingerprint density at radius 3 is 2.58 bits per heavy atom. The Morgan fingerprint density at radius 2 is 1.94 bits per heavy atom. The number of para-hydroxylation sites is 1. The zero-order valence-electron chi connectivity index (χ0n) is 18.2. The third-order valence-electron chi connectivity index (χ3n) is 5.51. The van der Waals surface area contributed by atoms with Gasteiger partial charge in [0.2, 0.25) is 0 Å². The number of β-lactam (4-membered cyclic amide) rings is 1. The molecule has 2 aliphatic heterocycles. The molecular formula is C22H22N4O6S. The van der Waals surface area contributed by atoms with Gasteiger partial charge in [0.15, 0.2) is 0 Å². The topological polar surface area (TPSA) is 131 Å². The lowest BCUT2D eigenvalue weighted by molar-refractivity contribution is -0.149. The van der Waals surface area contributed by atoms with Gasteiger partial charge in [-0.2, -0.15) is 5.10 Å². The van der Waals surface area contributed by atoms with Crippen LogP contribution in [0.1, 0.15) is 28.7 Å². The quantitative estimate of drug-likeness (QED) is 0.479. The van der Waals surface area contributed by atoms with Gasteiger partial charge in [0.25, 0.3) is 11.8 Å². The Balaban J connectivity index is 1.54. The number of benzene rings is 1. The molecule has 2 N–H and O–H groups in total. The van der Waals surface area contributed by atoms with E-state index in [2.05, 4.69) is 10.4 Å². The highest BCUT2D eigenvalue weighted by atomic mass is 32.2. The maximum atomic E-state index is 13.1. The fourth-order valence-electron chi connectivity index (χ4n) is 3.99. The van der Waals surface area contributed by atoms with Gasteiger partial charge in [-0.25, -0.2) is 9.48 Å². The van der Waals surface area contributed by atoms with Gasteiger partial charge in [-0.1, -0.05) is 18.2 Å². The number of carboxylic acid groups (broad SMARTS) is 1. The molecule has 0 saturated carbocycles. The highest BCUT2D eigenvalue weighted by molar-refractivity contribution is 8.00. The van der Waals surface area contributed by atoms with Crippen LogP contribution in [0.15, 0.2) is 41.6 Å². The van der Waals surface area contributed by atoms with Crippen molar-refractivity contribution in [2.24, 2.45) is 0 Å². The Hall–Kier alpha value is -3.60. The molecule has 0 spiro atoms. The molecule has 1 fully saturated rings. The summed E-state index contributed by atoms with van der Waals surface area (Å²) in [4.78, 5) is 50.0. The lowest BCUT2D eigenvalue weighted by atomic mass is 10.0. The molecule has 1 saturated heterocycles. The number of ether oxygens (including phenoxy) is 1. The van der Waals surface area contributed by atoms with Crippen molar-refractivity contribution in [3.05, 3.63) is 58.6 Å². The number of hydrogen-bond acceptors (Lipinski definition) is 7. The monoisotopic (exact) mass is 470 g/mol. The first kappa shape index (κ1) is 22.6. The number of thioether (sulfide) groups is 1. The minimum absolute atomic E-state index is 0.195. The van der Waals surface area contributed by atoms with Crippen molar-refractivity contribution in [1.82, 2.24) is 20.0 Å². The predicted octanol–water partition coefficient (Wildman–Crippen LogP) is 1.40. The highest BCUT2D eigenvalue weighted by Gasteiger charge is 2.54. The number of nitrogens with one attached hydrogen (secondary N) is 1. The van der Waals surface area contributed by atoms with Crippen LogP contribution < -0.4 is 5.32 Å². The van der Waals surface area contributed by atoms with Crippen LogP contribution in [0.25, 0.3) is 5.69 Å². The highest BCUT2D eigenvalue weighted by Crippen LogP contribution is 2.40. The van der Waals surface area contributed by atoms with Crippen molar-refractivity contribution in [3.8, 4) is 5.69 Å². The van der Waals surface area contributed by atoms with E-state index in [1.165, 1.54) is 18.7 Å². The third-order valence-corrected chi connectivity index (χ3v) is 6.84. The first-order chi connectivity index (χ1) is 15.7. The average molecular weight is 471 g/mol. The molecule has 1 aromatic heterocycles. The number of nitrogens with zero attached hydrogens (tertiary/aromatic N) is 3. The van der Waals surface area contributed by atoms with Crippen molar-refractivity contribution < 1.29 is 29.0 Å². The number of carbonyl (C=O) groups is 4. The number of aryl methyl sites for hydroxylation is 1. The molecule has 4 rings (SSSR count). The summed E-state index contributed by atoms with van der Waals surface area (Å²) >= 11 is 1.31. The van der Waals surface area contributed by atoms with Gasteiger partial charge in [-0.05, 0) is 26.0 Å². The number of fused-ring (bicyclic) bond motifs is 1. The summed E-state index contributed by atoms with van der Waals surface area (Å²) in [6, 6.07) is 8.51. The normalized spacial score (nSPS) is 19.6. The molecule has 0 radical (unpaired) electrons. The summed E-state index contributed by atoms with van der Waals surface area (Å²) < 4.78 is 6.60. The largest absolute Gasteiger partial charge is 0.477 e. The molecular weight excluding hydrogens is 448 g/mol. The Labute approximate surface area is 193 Å². The number of amides is 2. The molecule has 2 aliphatic rings. The number of rotatable bonds is 6.